The highest BCUT2D eigenvalue weighted by Gasteiger charge is 2.22. The van der Waals surface area contributed by atoms with E-state index in [1.54, 1.807) is 6.20 Å². The fraction of sp³-hybridized carbons (Fsp3) is 0.375. The topological polar surface area (TPSA) is 46.9 Å². The minimum atomic E-state index is -0.0103. The van der Waals surface area contributed by atoms with Gasteiger partial charge in [-0.3, -0.25) is 9.48 Å². The molecule has 4 nitrogen and oxygen atoms in total. The van der Waals surface area contributed by atoms with Gasteiger partial charge in [0.2, 0.25) is 0 Å². The van der Waals surface area contributed by atoms with E-state index in [0.717, 1.165) is 42.6 Å². The van der Waals surface area contributed by atoms with Crippen LogP contribution in [-0.2, 0) is 13.0 Å². The van der Waals surface area contributed by atoms with Crippen LogP contribution in [0.15, 0.2) is 36.5 Å². The molecule has 0 saturated heterocycles. The van der Waals surface area contributed by atoms with Crippen molar-refractivity contribution >= 4 is 5.91 Å². The van der Waals surface area contributed by atoms with Crippen LogP contribution in [0.25, 0.3) is 0 Å². The Hall–Kier alpha value is -2.10. The molecule has 104 valence electrons. The summed E-state index contributed by atoms with van der Waals surface area (Å²) < 4.78 is 1.94. The molecule has 1 aliphatic heterocycles. The van der Waals surface area contributed by atoms with Crippen LogP contribution in [-0.4, -0.2) is 15.7 Å². The van der Waals surface area contributed by atoms with Crippen LogP contribution < -0.4 is 5.32 Å². The molecule has 20 heavy (non-hydrogen) atoms. The lowest BCUT2D eigenvalue weighted by Crippen LogP contribution is -2.28. The molecular weight excluding hydrogens is 250 g/mol. The van der Waals surface area contributed by atoms with Crippen molar-refractivity contribution in [3.63, 3.8) is 0 Å². The van der Waals surface area contributed by atoms with E-state index in [2.05, 4.69) is 29.5 Å². The number of nitrogens with one attached hydrogen (secondary N) is 1. The smallest absolute Gasteiger partial charge is 0.255 e. The Morgan fingerprint density at radius 3 is 2.95 bits per heavy atom. The lowest BCUT2D eigenvalue weighted by Gasteiger charge is -2.17. The number of amides is 1. The quantitative estimate of drug-likeness (QED) is 0.927. The van der Waals surface area contributed by atoms with Gasteiger partial charge in [-0.25, -0.2) is 0 Å². The average molecular weight is 269 g/mol. The predicted octanol–water partition coefficient (Wildman–Crippen LogP) is 2.71. The minimum Gasteiger partial charge on any atom is -0.345 e. The summed E-state index contributed by atoms with van der Waals surface area (Å²) in [6.07, 6.45) is 4.60. The van der Waals surface area contributed by atoms with Gasteiger partial charge in [0.05, 0.1) is 23.5 Å². The molecule has 0 spiro atoms. The number of nitrogens with zero attached hydrogens (tertiary/aromatic N) is 2. The highest BCUT2D eigenvalue weighted by molar-refractivity contribution is 5.95. The van der Waals surface area contributed by atoms with Crippen molar-refractivity contribution in [1.29, 1.82) is 0 Å². The van der Waals surface area contributed by atoms with Gasteiger partial charge in [0.15, 0.2) is 0 Å². The second-order valence-electron chi connectivity index (χ2n) is 5.18. The second-order valence-corrected chi connectivity index (χ2v) is 5.18. The zero-order chi connectivity index (χ0) is 13.9. The van der Waals surface area contributed by atoms with E-state index in [-0.39, 0.29) is 11.9 Å². The SMILES string of the molecule is CC[C@@H](NC(=O)c1cnn2c1CCC2)c1ccccc1. The summed E-state index contributed by atoms with van der Waals surface area (Å²) in [7, 11) is 0. The summed E-state index contributed by atoms with van der Waals surface area (Å²) in [5.74, 6) is -0.0103. The summed E-state index contributed by atoms with van der Waals surface area (Å²) in [6.45, 7) is 3.01. The first kappa shape index (κ1) is 12.9. The van der Waals surface area contributed by atoms with Crippen LogP contribution in [0.2, 0.25) is 0 Å². The summed E-state index contributed by atoms with van der Waals surface area (Å²) >= 11 is 0. The molecule has 1 aromatic carbocycles. The molecule has 0 bridgehead atoms. The minimum absolute atomic E-state index is 0.0103. The average Bonchev–Trinajstić information content (AvgIpc) is 3.08. The van der Waals surface area contributed by atoms with Crippen molar-refractivity contribution in [2.24, 2.45) is 0 Å². The van der Waals surface area contributed by atoms with E-state index >= 15 is 0 Å². The maximum absolute atomic E-state index is 12.4. The van der Waals surface area contributed by atoms with Crippen LogP contribution in [0.3, 0.4) is 0 Å². The van der Waals surface area contributed by atoms with Gasteiger partial charge in [-0.15, -0.1) is 0 Å². The molecule has 1 amide bonds. The highest BCUT2D eigenvalue weighted by Crippen LogP contribution is 2.21. The van der Waals surface area contributed by atoms with E-state index in [1.807, 2.05) is 22.9 Å². The van der Waals surface area contributed by atoms with E-state index < -0.39 is 0 Å². The molecule has 0 unspecified atom stereocenters. The van der Waals surface area contributed by atoms with Gasteiger partial charge >= 0.3 is 0 Å². The lowest BCUT2D eigenvalue weighted by atomic mass is 10.0. The summed E-state index contributed by atoms with van der Waals surface area (Å²) in [5, 5.41) is 7.40. The lowest BCUT2D eigenvalue weighted by molar-refractivity contribution is 0.0934. The molecule has 2 heterocycles. The Morgan fingerprint density at radius 1 is 1.40 bits per heavy atom. The molecule has 1 aliphatic rings. The number of hydrogen-bond acceptors (Lipinski definition) is 2. The summed E-state index contributed by atoms with van der Waals surface area (Å²) in [5.41, 5.74) is 2.95. The molecule has 1 aromatic heterocycles. The first-order valence-electron chi connectivity index (χ1n) is 7.20. The molecule has 1 N–H and O–H groups in total. The van der Waals surface area contributed by atoms with E-state index in [1.165, 1.54) is 0 Å². The Bertz CT molecular complexity index is 603. The zero-order valence-corrected chi connectivity index (χ0v) is 11.7. The molecular formula is C16H19N3O. The third kappa shape index (κ3) is 2.33. The van der Waals surface area contributed by atoms with Crippen LogP contribution in [0.1, 0.15) is 47.4 Å². The Balaban J connectivity index is 1.77. The van der Waals surface area contributed by atoms with Crippen LogP contribution in [0.5, 0.6) is 0 Å². The van der Waals surface area contributed by atoms with Crippen LogP contribution in [0, 0.1) is 0 Å². The van der Waals surface area contributed by atoms with Gasteiger partial charge in [-0.2, -0.15) is 5.10 Å². The van der Waals surface area contributed by atoms with Gasteiger partial charge in [-0.1, -0.05) is 37.3 Å². The van der Waals surface area contributed by atoms with Crippen molar-refractivity contribution in [2.75, 3.05) is 0 Å². The molecule has 0 aliphatic carbocycles. The Labute approximate surface area is 118 Å². The van der Waals surface area contributed by atoms with Gasteiger partial charge in [-0.05, 0) is 24.8 Å². The van der Waals surface area contributed by atoms with Gasteiger partial charge in [0.25, 0.3) is 5.91 Å². The van der Waals surface area contributed by atoms with Crippen LogP contribution in [0.4, 0.5) is 0 Å². The molecule has 0 fully saturated rings. The maximum atomic E-state index is 12.4. The normalized spacial score (nSPS) is 14.8. The summed E-state index contributed by atoms with van der Waals surface area (Å²) in [6, 6.07) is 10.2. The molecule has 0 saturated carbocycles. The van der Waals surface area contributed by atoms with Crippen molar-refractivity contribution in [3.05, 3.63) is 53.3 Å². The second kappa shape index (κ2) is 5.49. The van der Waals surface area contributed by atoms with Gasteiger partial charge in [0, 0.05) is 6.54 Å². The highest BCUT2D eigenvalue weighted by atomic mass is 16.1. The number of carbonyl (C=O) groups is 1. The van der Waals surface area contributed by atoms with E-state index in [0.29, 0.717) is 0 Å². The van der Waals surface area contributed by atoms with Crippen molar-refractivity contribution in [3.8, 4) is 0 Å². The van der Waals surface area contributed by atoms with Crippen LogP contribution >= 0.6 is 0 Å². The molecule has 4 heteroatoms. The zero-order valence-electron chi connectivity index (χ0n) is 11.7. The molecule has 1 atom stereocenters. The van der Waals surface area contributed by atoms with Crippen molar-refractivity contribution in [1.82, 2.24) is 15.1 Å². The van der Waals surface area contributed by atoms with Crippen molar-refractivity contribution < 1.29 is 4.79 Å². The maximum Gasteiger partial charge on any atom is 0.255 e. The fourth-order valence-electron chi connectivity index (χ4n) is 2.80. The van der Waals surface area contributed by atoms with Crippen molar-refractivity contribution in [2.45, 2.75) is 38.8 Å². The third-order valence-corrected chi connectivity index (χ3v) is 3.89. The Kier molecular flexibility index (Phi) is 3.54. The Morgan fingerprint density at radius 2 is 2.20 bits per heavy atom. The number of hydrogen-bond donors (Lipinski definition) is 1. The third-order valence-electron chi connectivity index (χ3n) is 3.89. The first-order valence-corrected chi connectivity index (χ1v) is 7.20. The monoisotopic (exact) mass is 269 g/mol. The molecule has 0 radical (unpaired) electrons. The number of carbonyl (C=O) groups excluding carboxylic acids is 1. The number of aromatic nitrogens is 2. The number of fused-ring (bicyclic) bond motifs is 1. The molecule has 3 rings (SSSR count). The van der Waals surface area contributed by atoms with E-state index in [4.69, 9.17) is 0 Å². The van der Waals surface area contributed by atoms with Gasteiger partial charge in [0.1, 0.15) is 0 Å². The number of aryl methyl sites for hydroxylation is 1. The van der Waals surface area contributed by atoms with E-state index in [9.17, 15) is 4.79 Å². The first-order chi connectivity index (χ1) is 9.79. The molecule has 2 aromatic rings. The number of rotatable bonds is 4. The van der Waals surface area contributed by atoms with Gasteiger partial charge < -0.3 is 5.32 Å². The summed E-state index contributed by atoms with van der Waals surface area (Å²) in [4.78, 5) is 12.4. The largest absolute Gasteiger partial charge is 0.345 e. The standard InChI is InChI=1S/C16H19N3O/c1-2-14(12-7-4-3-5-8-12)18-16(20)13-11-17-19-10-6-9-15(13)19/h3-5,7-8,11,14H,2,6,9-10H2,1H3,(H,18,20)/t14-/m1/s1. The number of benzene rings is 1. The fourth-order valence-corrected chi connectivity index (χ4v) is 2.80. The predicted molar refractivity (Wildman–Crippen MR) is 77.5 cm³/mol.